The van der Waals surface area contributed by atoms with Crippen LogP contribution in [0.4, 0.5) is 11.5 Å². The Bertz CT molecular complexity index is 374. The van der Waals surface area contributed by atoms with Crippen molar-refractivity contribution in [1.82, 2.24) is 9.97 Å². The highest BCUT2D eigenvalue weighted by Crippen LogP contribution is 2.21. The van der Waals surface area contributed by atoms with E-state index in [9.17, 15) is 4.21 Å². The Kier molecular flexibility index (Phi) is 4.28. The predicted octanol–water partition coefficient (Wildman–Crippen LogP) is 0.891. The molecule has 0 aromatic carbocycles. The van der Waals surface area contributed by atoms with Gasteiger partial charge in [-0.2, -0.15) is 0 Å². The Labute approximate surface area is 95.9 Å². The van der Waals surface area contributed by atoms with E-state index in [4.69, 9.17) is 17.3 Å². The van der Waals surface area contributed by atoms with E-state index in [1.807, 2.05) is 6.92 Å². The smallest absolute Gasteiger partial charge is 0.157 e. The first-order valence-corrected chi connectivity index (χ1v) is 6.34. The zero-order valence-electron chi connectivity index (χ0n) is 8.53. The van der Waals surface area contributed by atoms with Crippen LogP contribution < -0.4 is 11.1 Å². The average Bonchev–Trinajstić information content (AvgIpc) is 2.19. The summed E-state index contributed by atoms with van der Waals surface area (Å²) in [6, 6.07) is 0. The van der Waals surface area contributed by atoms with Gasteiger partial charge in [-0.05, 0) is 6.92 Å². The lowest BCUT2D eigenvalue weighted by Gasteiger charge is -2.11. The number of rotatable bonds is 4. The Hall–Kier alpha value is -0.880. The van der Waals surface area contributed by atoms with Crippen LogP contribution in [0.15, 0.2) is 6.33 Å². The molecular formula is C8H13ClN4OS. The molecule has 1 aromatic rings. The van der Waals surface area contributed by atoms with E-state index in [0.717, 1.165) is 0 Å². The molecule has 0 saturated heterocycles. The van der Waals surface area contributed by atoms with Gasteiger partial charge in [0.25, 0.3) is 0 Å². The summed E-state index contributed by atoms with van der Waals surface area (Å²) in [5.74, 6) is 0.479. The third kappa shape index (κ3) is 3.32. The van der Waals surface area contributed by atoms with Crippen LogP contribution in [0.5, 0.6) is 0 Å². The first kappa shape index (κ1) is 12.2. The molecule has 1 rings (SSSR count). The number of hydrogen-bond donors (Lipinski definition) is 2. The molecule has 0 saturated carbocycles. The maximum atomic E-state index is 11.1. The van der Waals surface area contributed by atoms with Gasteiger partial charge in [-0.1, -0.05) is 11.6 Å². The first-order valence-electron chi connectivity index (χ1n) is 4.34. The van der Waals surface area contributed by atoms with Crippen LogP contribution in [-0.2, 0) is 10.8 Å². The summed E-state index contributed by atoms with van der Waals surface area (Å²) >= 11 is 5.72. The molecule has 5 nitrogen and oxygen atoms in total. The predicted molar refractivity (Wildman–Crippen MR) is 63.5 cm³/mol. The van der Waals surface area contributed by atoms with Crippen molar-refractivity contribution in [3.8, 4) is 0 Å². The fourth-order valence-corrected chi connectivity index (χ4v) is 1.32. The summed E-state index contributed by atoms with van der Waals surface area (Å²) in [4.78, 5) is 7.67. The quantitative estimate of drug-likeness (QED) is 0.774. The molecule has 0 fully saturated rings. The van der Waals surface area contributed by atoms with Gasteiger partial charge in [0.2, 0.25) is 0 Å². The van der Waals surface area contributed by atoms with Crippen LogP contribution in [0.3, 0.4) is 0 Å². The van der Waals surface area contributed by atoms with Gasteiger partial charge in [0, 0.05) is 28.9 Å². The minimum atomic E-state index is -0.876. The normalized spacial score (nSPS) is 14.6. The van der Waals surface area contributed by atoms with Gasteiger partial charge < -0.3 is 11.1 Å². The monoisotopic (exact) mass is 248 g/mol. The Morgan fingerprint density at radius 3 is 2.93 bits per heavy atom. The molecule has 0 aliphatic rings. The summed E-state index contributed by atoms with van der Waals surface area (Å²) in [5.41, 5.74) is 5.96. The Morgan fingerprint density at radius 2 is 2.33 bits per heavy atom. The van der Waals surface area contributed by atoms with Crippen LogP contribution in [0, 0.1) is 0 Å². The third-order valence-corrected chi connectivity index (χ3v) is 3.56. The summed E-state index contributed by atoms with van der Waals surface area (Å²) in [5, 5.41) is 3.23. The minimum absolute atomic E-state index is 0.0261. The number of hydrogen-bond acceptors (Lipinski definition) is 5. The highest BCUT2D eigenvalue weighted by Gasteiger charge is 2.09. The summed E-state index contributed by atoms with van der Waals surface area (Å²) < 4.78 is 11.1. The second kappa shape index (κ2) is 5.27. The van der Waals surface area contributed by atoms with Crippen LogP contribution in [-0.4, -0.2) is 32.2 Å². The molecule has 0 aliphatic carbocycles. The van der Waals surface area contributed by atoms with E-state index in [2.05, 4.69) is 15.3 Å². The third-order valence-electron chi connectivity index (χ3n) is 1.96. The number of nitrogens with two attached hydrogens (primary N) is 1. The van der Waals surface area contributed by atoms with Gasteiger partial charge in [0.15, 0.2) is 11.0 Å². The van der Waals surface area contributed by atoms with Crippen LogP contribution in [0.2, 0.25) is 5.15 Å². The maximum Gasteiger partial charge on any atom is 0.157 e. The number of nitrogen functional groups attached to an aromatic ring is 1. The van der Waals surface area contributed by atoms with Crippen molar-refractivity contribution in [1.29, 1.82) is 0 Å². The molecule has 0 aliphatic heterocycles. The number of anilines is 2. The minimum Gasteiger partial charge on any atom is -0.393 e. The highest BCUT2D eigenvalue weighted by molar-refractivity contribution is 7.84. The highest BCUT2D eigenvalue weighted by atomic mass is 35.5. The average molecular weight is 249 g/mol. The zero-order valence-corrected chi connectivity index (χ0v) is 10.1. The van der Waals surface area contributed by atoms with Gasteiger partial charge >= 0.3 is 0 Å². The van der Waals surface area contributed by atoms with Gasteiger partial charge in [0.05, 0.1) is 0 Å². The van der Waals surface area contributed by atoms with Crippen LogP contribution >= 0.6 is 11.6 Å². The van der Waals surface area contributed by atoms with Crippen molar-refractivity contribution in [2.24, 2.45) is 0 Å². The Morgan fingerprint density at radius 1 is 1.67 bits per heavy atom. The topological polar surface area (TPSA) is 80.9 Å². The van der Waals surface area contributed by atoms with Crippen LogP contribution in [0.1, 0.15) is 6.92 Å². The molecule has 2 atom stereocenters. The van der Waals surface area contributed by atoms with E-state index in [-0.39, 0.29) is 10.4 Å². The first-order chi connectivity index (χ1) is 7.02. The van der Waals surface area contributed by atoms with Crippen molar-refractivity contribution < 1.29 is 4.21 Å². The molecule has 84 valence electrons. The summed E-state index contributed by atoms with van der Waals surface area (Å²) in [7, 11) is -0.876. The van der Waals surface area contributed by atoms with Gasteiger partial charge in [-0.3, -0.25) is 4.21 Å². The number of aromatic nitrogens is 2. The van der Waals surface area contributed by atoms with Crippen molar-refractivity contribution in [3.63, 3.8) is 0 Å². The van der Waals surface area contributed by atoms with E-state index in [1.54, 1.807) is 6.26 Å². The van der Waals surface area contributed by atoms with Gasteiger partial charge in [-0.25, -0.2) is 9.97 Å². The molecule has 0 radical (unpaired) electrons. The zero-order chi connectivity index (χ0) is 11.4. The Balaban J connectivity index is 2.66. The maximum absolute atomic E-state index is 11.1. The second-order valence-corrected chi connectivity index (χ2v) is 5.28. The van der Waals surface area contributed by atoms with Crippen molar-refractivity contribution in [2.45, 2.75) is 12.2 Å². The molecule has 7 heteroatoms. The fourth-order valence-electron chi connectivity index (χ4n) is 0.873. The number of nitrogens with zero attached hydrogens (tertiary/aromatic N) is 2. The molecule has 0 amide bonds. The second-order valence-electron chi connectivity index (χ2n) is 3.12. The van der Waals surface area contributed by atoms with Gasteiger partial charge in [0.1, 0.15) is 12.0 Å². The molecule has 1 heterocycles. The number of nitrogens with one attached hydrogen (secondary N) is 1. The largest absolute Gasteiger partial charge is 0.393 e. The molecule has 2 unspecified atom stereocenters. The lowest BCUT2D eigenvalue weighted by molar-refractivity contribution is 0.679. The van der Waals surface area contributed by atoms with Crippen molar-refractivity contribution >= 4 is 33.9 Å². The summed E-state index contributed by atoms with van der Waals surface area (Å²) in [6.45, 7) is 2.41. The van der Waals surface area contributed by atoms with Crippen LogP contribution in [0.25, 0.3) is 0 Å². The molecule has 1 aromatic heterocycles. The molecule has 0 bridgehead atoms. The lowest BCUT2D eigenvalue weighted by Crippen LogP contribution is -2.21. The molecule has 15 heavy (non-hydrogen) atoms. The van der Waals surface area contributed by atoms with E-state index in [1.165, 1.54) is 6.33 Å². The van der Waals surface area contributed by atoms with E-state index < -0.39 is 10.8 Å². The molecular weight excluding hydrogens is 236 g/mol. The van der Waals surface area contributed by atoms with E-state index in [0.29, 0.717) is 18.1 Å². The standard InChI is InChI=1S/C8H13ClN4OS/c1-5(15(2)14)3-11-8-6(10)7(9)12-4-13-8/h4-5H,3,10H2,1-2H3,(H,11,12,13). The SMILES string of the molecule is CC(CNc1ncnc(Cl)c1N)S(C)=O. The van der Waals surface area contributed by atoms with Gasteiger partial charge in [-0.15, -0.1) is 0 Å². The molecule has 0 spiro atoms. The summed E-state index contributed by atoms with van der Waals surface area (Å²) in [6.07, 6.45) is 2.98. The molecule has 3 N–H and O–H groups in total. The van der Waals surface area contributed by atoms with Crippen molar-refractivity contribution in [2.75, 3.05) is 23.9 Å². The van der Waals surface area contributed by atoms with E-state index >= 15 is 0 Å². The number of halogens is 1. The fraction of sp³-hybridized carbons (Fsp3) is 0.500. The lowest BCUT2D eigenvalue weighted by atomic mass is 10.4. The van der Waals surface area contributed by atoms with Crippen molar-refractivity contribution in [3.05, 3.63) is 11.5 Å².